The molecule has 0 fully saturated rings. The number of carbonyl (C=O) groups is 1. The van der Waals surface area contributed by atoms with Gasteiger partial charge in [-0.25, -0.2) is 14.4 Å². The van der Waals surface area contributed by atoms with Gasteiger partial charge in [-0.1, -0.05) is 16.4 Å². The number of ether oxygens (including phenoxy) is 1. The van der Waals surface area contributed by atoms with Crippen LogP contribution in [0.5, 0.6) is 0 Å². The predicted molar refractivity (Wildman–Crippen MR) is 68.1 cm³/mol. The molecule has 7 heteroatoms. The standard InChI is InChI=1S/C13H12N4O3/c1-8-10(16-20-15-8)7-19-13(18)12-11-5-3-4-6-17(11)9(2)14-12/h3-6H,7H2,1-2H3. The normalized spacial score (nSPS) is 10.9. The maximum Gasteiger partial charge on any atom is 0.359 e. The minimum absolute atomic E-state index is 0.0130. The van der Waals surface area contributed by atoms with Crippen LogP contribution in [0, 0.1) is 13.8 Å². The van der Waals surface area contributed by atoms with E-state index in [1.165, 1.54) is 0 Å². The highest BCUT2D eigenvalue weighted by Crippen LogP contribution is 2.14. The van der Waals surface area contributed by atoms with Crippen LogP contribution < -0.4 is 0 Å². The largest absolute Gasteiger partial charge is 0.454 e. The van der Waals surface area contributed by atoms with E-state index in [2.05, 4.69) is 19.9 Å². The van der Waals surface area contributed by atoms with Crippen molar-refractivity contribution in [3.05, 3.63) is 47.3 Å². The fourth-order valence-corrected chi connectivity index (χ4v) is 1.92. The molecule has 0 amide bonds. The molecule has 0 saturated carbocycles. The molecule has 0 atom stereocenters. The Kier molecular flexibility index (Phi) is 2.94. The average molecular weight is 272 g/mol. The van der Waals surface area contributed by atoms with Gasteiger partial charge in [0.15, 0.2) is 5.69 Å². The predicted octanol–water partition coefficient (Wildman–Crippen LogP) is 1.69. The number of fused-ring (bicyclic) bond motifs is 1. The third-order valence-corrected chi connectivity index (χ3v) is 3.00. The summed E-state index contributed by atoms with van der Waals surface area (Å²) < 4.78 is 11.6. The van der Waals surface area contributed by atoms with Gasteiger partial charge < -0.3 is 9.14 Å². The van der Waals surface area contributed by atoms with E-state index in [-0.39, 0.29) is 12.3 Å². The van der Waals surface area contributed by atoms with Crippen LogP contribution in [0.1, 0.15) is 27.7 Å². The molecule has 0 N–H and O–H groups in total. The zero-order valence-electron chi connectivity index (χ0n) is 11.0. The molecule has 3 rings (SSSR count). The van der Waals surface area contributed by atoms with Gasteiger partial charge in [0.25, 0.3) is 0 Å². The van der Waals surface area contributed by atoms with Gasteiger partial charge in [-0.05, 0) is 26.0 Å². The highest BCUT2D eigenvalue weighted by molar-refractivity contribution is 5.95. The van der Waals surface area contributed by atoms with Crippen LogP contribution in [0.4, 0.5) is 0 Å². The highest BCUT2D eigenvalue weighted by Gasteiger charge is 2.18. The smallest absolute Gasteiger partial charge is 0.359 e. The SMILES string of the molecule is Cc1nonc1COC(=O)c1nc(C)n2ccccc12. The Bertz CT molecular complexity index is 775. The number of carbonyl (C=O) groups excluding carboxylic acids is 1. The van der Waals surface area contributed by atoms with Gasteiger partial charge in [0.05, 0.1) is 5.52 Å². The van der Waals surface area contributed by atoms with Crippen molar-refractivity contribution in [1.29, 1.82) is 0 Å². The van der Waals surface area contributed by atoms with Crippen LogP contribution in [-0.2, 0) is 11.3 Å². The minimum atomic E-state index is -0.496. The minimum Gasteiger partial charge on any atom is -0.454 e. The first-order valence-corrected chi connectivity index (χ1v) is 6.05. The summed E-state index contributed by atoms with van der Waals surface area (Å²) in [7, 11) is 0. The van der Waals surface area contributed by atoms with Crippen molar-refractivity contribution in [2.45, 2.75) is 20.5 Å². The molecule has 3 aromatic heterocycles. The molecular formula is C13H12N4O3. The number of imidazole rings is 1. The highest BCUT2D eigenvalue weighted by atomic mass is 16.6. The summed E-state index contributed by atoms with van der Waals surface area (Å²) in [5.41, 5.74) is 2.10. The van der Waals surface area contributed by atoms with Crippen molar-refractivity contribution < 1.29 is 14.2 Å². The third-order valence-electron chi connectivity index (χ3n) is 3.00. The van der Waals surface area contributed by atoms with E-state index in [0.29, 0.717) is 16.9 Å². The Hall–Kier alpha value is -2.70. The summed E-state index contributed by atoms with van der Waals surface area (Å²) in [5.74, 6) is 0.232. The molecule has 3 aromatic rings. The maximum atomic E-state index is 12.1. The fourth-order valence-electron chi connectivity index (χ4n) is 1.92. The number of pyridine rings is 1. The first kappa shape index (κ1) is 12.3. The lowest BCUT2D eigenvalue weighted by Crippen LogP contribution is -2.07. The molecule has 0 saturated heterocycles. The third kappa shape index (κ3) is 2.03. The van der Waals surface area contributed by atoms with E-state index in [9.17, 15) is 4.79 Å². The molecule has 3 heterocycles. The van der Waals surface area contributed by atoms with Gasteiger partial charge in [0, 0.05) is 6.20 Å². The Morgan fingerprint density at radius 3 is 2.95 bits per heavy atom. The van der Waals surface area contributed by atoms with Gasteiger partial charge in [-0.3, -0.25) is 0 Å². The van der Waals surface area contributed by atoms with Gasteiger partial charge in [-0.15, -0.1) is 0 Å². The zero-order chi connectivity index (χ0) is 14.1. The number of hydrogen-bond acceptors (Lipinski definition) is 6. The second-order valence-electron chi connectivity index (χ2n) is 4.34. The summed E-state index contributed by atoms with van der Waals surface area (Å²) >= 11 is 0. The second kappa shape index (κ2) is 4.76. The Morgan fingerprint density at radius 1 is 1.35 bits per heavy atom. The topological polar surface area (TPSA) is 82.5 Å². The Balaban J connectivity index is 1.84. The molecule has 0 bridgehead atoms. The average Bonchev–Trinajstić information content (AvgIpc) is 3.01. The summed E-state index contributed by atoms with van der Waals surface area (Å²) in [4.78, 5) is 16.3. The van der Waals surface area contributed by atoms with E-state index < -0.39 is 5.97 Å². The van der Waals surface area contributed by atoms with Gasteiger partial charge in [-0.2, -0.15) is 0 Å². The van der Waals surface area contributed by atoms with Gasteiger partial charge in [0.1, 0.15) is 23.8 Å². The number of nitrogens with zero attached hydrogens (tertiary/aromatic N) is 4. The van der Waals surface area contributed by atoms with Crippen molar-refractivity contribution in [2.75, 3.05) is 0 Å². The molecule has 102 valence electrons. The fraction of sp³-hybridized carbons (Fsp3) is 0.231. The summed E-state index contributed by atoms with van der Waals surface area (Å²) in [6, 6.07) is 5.54. The number of aromatic nitrogens is 4. The maximum absolute atomic E-state index is 12.1. The van der Waals surface area contributed by atoms with Crippen LogP contribution in [0.3, 0.4) is 0 Å². The first-order chi connectivity index (χ1) is 9.66. The Morgan fingerprint density at radius 2 is 2.20 bits per heavy atom. The Labute approximate surface area is 114 Å². The quantitative estimate of drug-likeness (QED) is 0.675. The molecule has 0 unspecified atom stereocenters. The molecule has 20 heavy (non-hydrogen) atoms. The number of hydrogen-bond donors (Lipinski definition) is 0. The van der Waals surface area contributed by atoms with Crippen molar-refractivity contribution in [3.63, 3.8) is 0 Å². The molecule has 0 aliphatic heterocycles. The summed E-state index contributed by atoms with van der Waals surface area (Å²) in [6.07, 6.45) is 1.85. The second-order valence-corrected chi connectivity index (χ2v) is 4.34. The van der Waals surface area contributed by atoms with Crippen molar-refractivity contribution in [1.82, 2.24) is 19.7 Å². The molecule has 0 spiro atoms. The van der Waals surface area contributed by atoms with E-state index in [0.717, 1.165) is 5.82 Å². The lowest BCUT2D eigenvalue weighted by molar-refractivity contribution is 0.0459. The number of rotatable bonds is 3. The summed E-state index contributed by atoms with van der Waals surface area (Å²) in [5, 5.41) is 7.28. The number of aryl methyl sites for hydroxylation is 2. The molecule has 0 aliphatic rings. The molecule has 0 aliphatic carbocycles. The van der Waals surface area contributed by atoms with Crippen molar-refractivity contribution in [2.24, 2.45) is 0 Å². The van der Waals surface area contributed by atoms with Crippen LogP contribution in [0.15, 0.2) is 29.0 Å². The number of esters is 1. The van der Waals surface area contributed by atoms with E-state index in [4.69, 9.17) is 4.74 Å². The van der Waals surface area contributed by atoms with Gasteiger partial charge >= 0.3 is 5.97 Å². The first-order valence-electron chi connectivity index (χ1n) is 6.05. The van der Waals surface area contributed by atoms with E-state index in [1.807, 2.05) is 35.7 Å². The van der Waals surface area contributed by atoms with Crippen LogP contribution >= 0.6 is 0 Å². The van der Waals surface area contributed by atoms with E-state index >= 15 is 0 Å². The summed E-state index contributed by atoms with van der Waals surface area (Å²) in [6.45, 7) is 3.57. The molecule has 7 nitrogen and oxygen atoms in total. The van der Waals surface area contributed by atoms with Crippen LogP contribution in [0.25, 0.3) is 5.52 Å². The van der Waals surface area contributed by atoms with Crippen LogP contribution in [-0.4, -0.2) is 25.7 Å². The molecule has 0 radical (unpaired) electrons. The van der Waals surface area contributed by atoms with Gasteiger partial charge in [0.2, 0.25) is 0 Å². The zero-order valence-corrected chi connectivity index (χ0v) is 11.0. The van der Waals surface area contributed by atoms with E-state index in [1.54, 1.807) is 6.92 Å². The molecule has 0 aromatic carbocycles. The monoisotopic (exact) mass is 272 g/mol. The molecular weight excluding hydrogens is 260 g/mol. The van der Waals surface area contributed by atoms with Crippen LogP contribution in [0.2, 0.25) is 0 Å². The lowest BCUT2D eigenvalue weighted by Gasteiger charge is -2.00. The van der Waals surface area contributed by atoms with Crippen molar-refractivity contribution in [3.8, 4) is 0 Å². The van der Waals surface area contributed by atoms with Crippen molar-refractivity contribution >= 4 is 11.5 Å². The lowest BCUT2D eigenvalue weighted by atomic mass is 10.3.